The number of nitrogens with zero attached hydrogens (tertiary/aromatic N) is 1. The van der Waals surface area contributed by atoms with Crippen LogP contribution in [0.25, 0.3) is 0 Å². The summed E-state index contributed by atoms with van der Waals surface area (Å²) >= 11 is 0. The summed E-state index contributed by atoms with van der Waals surface area (Å²) in [5.74, 6) is 0. The van der Waals surface area contributed by atoms with Crippen molar-refractivity contribution in [1.82, 2.24) is 0 Å². The van der Waals surface area contributed by atoms with Gasteiger partial charge in [-0.2, -0.15) is 13.2 Å². The number of rotatable bonds is 3. The molecule has 2 N–H and O–H groups in total. The van der Waals surface area contributed by atoms with Gasteiger partial charge >= 0.3 is 6.18 Å². The maximum Gasteiger partial charge on any atom is 0.416 e. The van der Waals surface area contributed by atoms with Crippen molar-refractivity contribution in [2.45, 2.75) is 32.2 Å². The van der Waals surface area contributed by atoms with Crippen molar-refractivity contribution in [2.75, 3.05) is 24.6 Å². The van der Waals surface area contributed by atoms with Crippen molar-refractivity contribution in [3.63, 3.8) is 0 Å². The predicted octanol–water partition coefficient (Wildman–Crippen LogP) is 2.78. The molecule has 1 aromatic rings. The fourth-order valence-electron chi connectivity index (χ4n) is 2.40. The zero-order chi connectivity index (χ0) is 14.8. The highest BCUT2D eigenvalue weighted by Gasteiger charge is 2.34. The molecule has 0 bridgehead atoms. The number of hydrogen-bond donors (Lipinski definition) is 1. The number of anilines is 1. The van der Waals surface area contributed by atoms with E-state index in [4.69, 9.17) is 10.5 Å². The maximum absolute atomic E-state index is 13.0. The fourth-order valence-corrected chi connectivity index (χ4v) is 2.40. The van der Waals surface area contributed by atoms with Crippen LogP contribution >= 0.6 is 0 Å². The lowest BCUT2D eigenvalue weighted by Crippen LogP contribution is -2.42. The Morgan fingerprint density at radius 2 is 2.15 bits per heavy atom. The number of ether oxygens (including phenoxy) is 1. The summed E-state index contributed by atoms with van der Waals surface area (Å²) in [6, 6.07) is 4.37. The number of alkyl halides is 3. The molecule has 20 heavy (non-hydrogen) atoms. The van der Waals surface area contributed by atoms with Crippen LogP contribution in [0.15, 0.2) is 18.2 Å². The van der Waals surface area contributed by atoms with E-state index in [1.54, 1.807) is 6.07 Å². The van der Waals surface area contributed by atoms with Gasteiger partial charge in [-0.1, -0.05) is 13.0 Å². The van der Waals surface area contributed by atoms with Crippen LogP contribution in [0.2, 0.25) is 0 Å². The SMILES string of the molecule is CCC1CN(c2ccc(CN)c(C(F)(F)F)c2)CCO1. The van der Waals surface area contributed by atoms with Gasteiger partial charge in [-0.25, -0.2) is 0 Å². The summed E-state index contributed by atoms with van der Waals surface area (Å²) in [6.45, 7) is 3.66. The molecule has 1 aliphatic heterocycles. The second-order valence-corrected chi connectivity index (χ2v) is 4.89. The van der Waals surface area contributed by atoms with Crippen LogP contribution in [-0.2, 0) is 17.5 Å². The Morgan fingerprint density at radius 3 is 2.75 bits per heavy atom. The molecule has 1 heterocycles. The van der Waals surface area contributed by atoms with Gasteiger partial charge in [0.1, 0.15) is 0 Å². The van der Waals surface area contributed by atoms with E-state index in [0.29, 0.717) is 25.4 Å². The van der Waals surface area contributed by atoms with Gasteiger partial charge < -0.3 is 15.4 Å². The van der Waals surface area contributed by atoms with E-state index in [1.807, 2.05) is 11.8 Å². The lowest BCUT2D eigenvalue weighted by Gasteiger charge is -2.34. The minimum Gasteiger partial charge on any atom is -0.375 e. The first-order valence-corrected chi connectivity index (χ1v) is 6.72. The molecular formula is C14H19F3N2O. The molecule has 1 saturated heterocycles. The lowest BCUT2D eigenvalue weighted by atomic mass is 10.0. The normalized spacial score (nSPS) is 20.2. The first-order valence-electron chi connectivity index (χ1n) is 6.72. The van der Waals surface area contributed by atoms with Crippen LogP contribution in [0.1, 0.15) is 24.5 Å². The highest BCUT2D eigenvalue weighted by Crippen LogP contribution is 2.35. The average molecular weight is 288 g/mol. The van der Waals surface area contributed by atoms with Crippen molar-refractivity contribution < 1.29 is 17.9 Å². The van der Waals surface area contributed by atoms with E-state index in [2.05, 4.69) is 0 Å². The number of nitrogens with two attached hydrogens (primary N) is 1. The van der Waals surface area contributed by atoms with Crippen LogP contribution in [0.3, 0.4) is 0 Å². The highest BCUT2D eigenvalue weighted by molar-refractivity contribution is 5.52. The molecule has 2 rings (SSSR count). The minimum atomic E-state index is -4.37. The molecule has 0 aromatic heterocycles. The van der Waals surface area contributed by atoms with Crippen molar-refractivity contribution in [3.8, 4) is 0 Å². The molecule has 1 aliphatic rings. The maximum atomic E-state index is 13.0. The topological polar surface area (TPSA) is 38.5 Å². The molecule has 1 aromatic carbocycles. The Bertz CT molecular complexity index is 462. The number of benzene rings is 1. The van der Waals surface area contributed by atoms with E-state index < -0.39 is 11.7 Å². The Kier molecular flexibility index (Phi) is 4.55. The summed E-state index contributed by atoms with van der Waals surface area (Å²) in [5.41, 5.74) is 5.45. The summed E-state index contributed by atoms with van der Waals surface area (Å²) in [6.07, 6.45) is -3.45. The van der Waals surface area contributed by atoms with Crippen LogP contribution in [0.4, 0.5) is 18.9 Å². The number of morpholine rings is 1. The summed E-state index contributed by atoms with van der Waals surface area (Å²) in [5, 5.41) is 0. The summed E-state index contributed by atoms with van der Waals surface area (Å²) in [4.78, 5) is 1.94. The third-order valence-electron chi connectivity index (χ3n) is 3.58. The van der Waals surface area contributed by atoms with Crippen molar-refractivity contribution in [1.29, 1.82) is 0 Å². The van der Waals surface area contributed by atoms with Gasteiger partial charge in [-0.05, 0) is 24.1 Å². The smallest absolute Gasteiger partial charge is 0.375 e. The van der Waals surface area contributed by atoms with Crippen LogP contribution in [0.5, 0.6) is 0 Å². The number of hydrogen-bond acceptors (Lipinski definition) is 3. The van der Waals surface area contributed by atoms with Gasteiger partial charge in [0.2, 0.25) is 0 Å². The van der Waals surface area contributed by atoms with E-state index in [0.717, 1.165) is 6.42 Å². The molecule has 0 aliphatic carbocycles. The van der Waals surface area contributed by atoms with Crippen molar-refractivity contribution in [3.05, 3.63) is 29.3 Å². The first kappa shape index (κ1) is 15.1. The van der Waals surface area contributed by atoms with Gasteiger partial charge in [0.15, 0.2) is 0 Å². The van der Waals surface area contributed by atoms with Gasteiger partial charge in [-0.15, -0.1) is 0 Å². The van der Waals surface area contributed by atoms with Crippen molar-refractivity contribution in [2.24, 2.45) is 5.73 Å². The molecule has 0 saturated carbocycles. The Labute approximate surface area is 116 Å². The van der Waals surface area contributed by atoms with E-state index in [-0.39, 0.29) is 18.2 Å². The van der Waals surface area contributed by atoms with Gasteiger partial charge in [0.25, 0.3) is 0 Å². The zero-order valence-electron chi connectivity index (χ0n) is 11.4. The highest BCUT2D eigenvalue weighted by atomic mass is 19.4. The molecule has 1 unspecified atom stereocenters. The summed E-state index contributed by atoms with van der Waals surface area (Å²) in [7, 11) is 0. The second-order valence-electron chi connectivity index (χ2n) is 4.89. The average Bonchev–Trinajstić information content (AvgIpc) is 2.45. The first-order chi connectivity index (χ1) is 9.45. The second kappa shape index (κ2) is 6.01. The molecule has 3 nitrogen and oxygen atoms in total. The third kappa shape index (κ3) is 3.24. The monoisotopic (exact) mass is 288 g/mol. The fraction of sp³-hybridized carbons (Fsp3) is 0.571. The number of halogens is 3. The quantitative estimate of drug-likeness (QED) is 0.929. The minimum absolute atomic E-state index is 0.0762. The zero-order valence-corrected chi connectivity index (χ0v) is 11.4. The molecule has 112 valence electrons. The molecule has 6 heteroatoms. The standard InChI is InChI=1S/C14H19F3N2O/c1-2-12-9-19(5-6-20-12)11-4-3-10(8-18)13(7-11)14(15,16)17/h3-4,7,12H,2,5-6,8-9,18H2,1H3. The Balaban J connectivity index is 2.29. The lowest BCUT2D eigenvalue weighted by molar-refractivity contribution is -0.138. The van der Waals surface area contributed by atoms with Gasteiger partial charge in [0.05, 0.1) is 18.3 Å². The molecule has 0 amide bonds. The van der Waals surface area contributed by atoms with E-state index in [1.165, 1.54) is 12.1 Å². The van der Waals surface area contributed by atoms with Crippen LogP contribution < -0.4 is 10.6 Å². The molecular weight excluding hydrogens is 269 g/mol. The molecule has 0 radical (unpaired) electrons. The molecule has 1 atom stereocenters. The van der Waals surface area contributed by atoms with E-state index >= 15 is 0 Å². The largest absolute Gasteiger partial charge is 0.416 e. The van der Waals surface area contributed by atoms with Gasteiger partial charge in [-0.3, -0.25) is 0 Å². The van der Waals surface area contributed by atoms with Crippen LogP contribution in [0, 0.1) is 0 Å². The molecule has 1 fully saturated rings. The predicted molar refractivity (Wildman–Crippen MR) is 71.6 cm³/mol. The Morgan fingerprint density at radius 1 is 1.40 bits per heavy atom. The van der Waals surface area contributed by atoms with Gasteiger partial charge in [0, 0.05) is 25.3 Å². The van der Waals surface area contributed by atoms with E-state index in [9.17, 15) is 13.2 Å². The van der Waals surface area contributed by atoms with Crippen molar-refractivity contribution >= 4 is 5.69 Å². The molecule has 0 spiro atoms. The van der Waals surface area contributed by atoms with Crippen LogP contribution in [-0.4, -0.2) is 25.8 Å². The third-order valence-corrected chi connectivity index (χ3v) is 3.58. The Hall–Kier alpha value is -1.27. The summed E-state index contributed by atoms with van der Waals surface area (Å²) < 4.78 is 44.6.